The molecule has 0 spiro atoms. The number of carboxylic acid groups (broad SMARTS) is 1. The summed E-state index contributed by atoms with van der Waals surface area (Å²) in [5.41, 5.74) is 5.45. The lowest BCUT2D eigenvalue weighted by Gasteiger charge is -2.14. The molecular weight excluding hydrogens is 277 g/mol. The number of rotatable bonds is 5. The first kappa shape index (κ1) is 15.4. The lowest BCUT2D eigenvalue weighted by molar-refractivity contribution is -0.138. The van der Waals surface area contributed by atoms with Gasteiger partial charge in [0.05, 0.1) is 7.11 Å². The van der Waals surface area contributed by atoms with E-state index in [1.807, 2.05) is 0 Å². The average Bonchev–Trinajstić information content (AvgIpc) is 2.26. The van der Waals surface area contributed by atoms with Gasteiger partial charge in [0.1, 0.15) is 22.5 Å². The standard InChI is InChI=1S/C11H14FNO5S/c1-18-10-6(4-8(13)11(14)15)3-7(12)5-9(10)19(2,16)17/h3,5,8H,4,13H2,1-2H3,(H,14,15). The number of carboxylic acids is 1. The van der Waals surface area contributed by atoms with Crippen molar-refractivity contribution in [3.8, 4) is 5.75 Å². The van der Waals surface area contributed by atoms with E-state index >= 15 is 0 Å². The van der Waals surface area contributed by atoms with Crippen LogP contribution in [0.3, 0.4) is 0 Å². The molecule has 1 rings (SSSR count). The average molecular weight is 291 g/mol. The normalized spacial score (nSPS) is 13.1. The van der Waals surface area contributed by atoms with E-state index in [1.165, 1.54) is 7.11 Å². The van der Waals surface area contributed by atoms with Crippen molar-refractivity contribution in [2.75, 3.05) is 13.4 Å². The molecule has 8 heteroatoms. The third-order valence-corrected chi connectivity index (χ3v) is 3.56. The predicted octanol–water partition coefficient (Wildman–Crippen LogP) is 0.192. The van der Waals surface area contributed by atoms with Gasteiger partial charge in [0, 0.05) is 18.2 Å². The smallest absolute Gasteiger partial charge is 0.320 e. The number of nitrogens with two attached hydrogens (primary N) is 1. The Balaban J connectivity index is 3.40. The number of carbonyl (C=O) groups is 1. The Morgan fingerprint density at radius 1 is 1.53 bits per heavy atom. The number of methoxy groups -OCH3 is 1. The Hall–Kier alpha value is -1.67. The van der Waals surface area contributed by atoms with Crippen molar-refractivity contribution >= 4 is 15.8 Å². The lowest BCUT2D eigenvalue weighted by atomic mass is 10.1. The Morgan fingerprint density at radius 3 is 2.53 bits per heavy atom. The molecule has 0 saturated carbocycles. The van der Waals surface area contributed by atoms with Gasteiger partial charge in [-0.2, -0.15) is 0 Å². The van der Waals surface area contributed by atoms with Gasteiger partial charge >= 0.3 is 5.97 Å². The van der Waals surface area contributed by atoms with Gasteiger partial charge in [-0.3, -0.25) is 4.79 Å². The molecule has 0 saturated heterocycles. The third-order valence-electron chi connectivity index (χ3n) is 2.46. The molecule has 1 aromatic rings. The second-order valence-corrected chi connectivity index (χ2v) is 6.00. The number of hydrogen-bond acceptors (Lipinski definition) is 5. The second-order valence-electron chi connectivity index (χ2n) is 4.02. The zero-order valence-corrected chi connectivity index (χ0v) is 11.2. The van der Waals surface area contributed by atoms with Gasteiger partial charge in [0.25, 0.3) is 0 Å². The monoisotopic (exact) mass is 291 g/mol. The van der Waals surface area contributed by atoms with Crippen LogP contribution in [0.15, 0.2) is 17.0 Å². The Kier molecular flexibility index (Phi) is 4.48. The first-order valence-corrected chi connectivity index (χ1v) is 7.10. The molecule has 0 fully saturated rings. The number of hydrogen-bond donors (Lipinski definition) is 2. The molecule has 0 heterocycles. The number of halogens is 1. The van der Waals surface area contributed by atoms with Crippen molar-refractivity contribution in [1.82, 2.24) is 0 Å². The van der Waals surface area contributed by atoms with Crippen LogP contribution in [0.2, 0.25) is 0 Å². The Bertz CT molecular complexity index is 599. The molecule has 0 aromatic heterocycles. The highest BCUT2D eigenvalue weighted by molar-refractivity contribution is 7.90. The van der Waals surface area contributed by atoms with Gasteiger partial charge < -0.3 is 15.6 Å². The molecule has 1 atom stereocenters. The van der Waals surface area contributed by atoms with Crippen molar-refractivity contribution in [2.24, 2.45) is 5.73 Å². The minimum Gasteiger partial charge on any atom is -0.495 e. The van der Waals surface area contributed by atoms with E-state index in [0.29, 0.717) is 0 Å². The fourth-order valence-corrected chi connectivity index (χ4v) is 2.48. The van der Waals surface area contributed by atoms with Crippen LogP contribution in [-0.2, 0) is 21.1 Å². The van der Waals surface area contributed by atoms with E-state index in [1.54, 1.807) is 0 Å². The van der Waals surface area contributed by atoms with Gasteiger partial charge in [-0.25, -0.2) is 12.8 Å². The van der Waals surface area contributed by atoms with Crippen LogP contribution >= 0.6 is 0 Å². The predicted molar refractivity (Wildman–Crippen MR) is 65.4 cm³/mol. The zero-order valence-electron chi connectivity index (χ0n) is 10.4. The Labute approximate surface area is 109 Å². The third kappa shape index (κ3) is 3.65. The van der Waals surface area contributed by atoms with Gasteiger partial charge in [-0.05, 0) is 12.1 Å². The Morgan fingerprint density at radius 2 is 2.11 bits per heavy atom. The molecule has 0 amide bonds. The highest BCUT2D eigenvalue weighted by atomic mass is 32.2. The molecule has 0 radical (unpaired) electrons. The number of aliphatic carboxylic acids is 1. The summed E-state index contributed by atoms with van der Waals surface area (Å²) in [5.74, 6) is -2.15. The molecule has 19 heavy (non-hydrogen) atoms. The summed E-state index contributed by atoms with van der Waals surface area (Å²) in [6, 6.07) is 0.559. The summed E-state index contributed by atoms with van der Waals surface area (Å²) in [5, 5.41) is 8.73. The maximum Gasteiger partial charge on any atom is 0.320 e. The van der Waals surface area contributed by atoms with E-state index < -0.39 is 27.7 Å². The fraction of sp³-hybridized carbons (Fsp3) is 0.364. The summed E-state index contributed by atoms with van der Waals surface area (Å²) >= 11 is 0. The molecule has 106 valence electrons. The summed E-state index contributed by atoms with van der Waals surface area (Å²) in [7, 11) is -2.48. The SMILES string of the molecule is COc1c(CC(N)C(=O)O)cc(F)cc1S(C)(=O)=O. The van der Waals surface area contributed by atoms with E-state index in [2.05, 4.69) is 0 Å². The zero-order chi connectivity index (χ0) is 14.8. The van der Waals surface area contributed by atoms with Crippen LogP contribution in [0, 0.1) is 5.82 Å². The molecule has 6 nitrogen and oxygen atoms in total. The van der Waals surface area contributed by atoms with Crippen molar-refractivity contribution < 1.29 is 27.4 Å². The van der Waals surface area contributed by atoms with Crippen molar-refractivity contribution in [3.05, 3.63) is 23.5 Å². The lowest BCUT2D eigenvalue weighted by Crippen LogP contribution is -2.32. The number of ether oxygens (including phenoxy) is 1. The second kappa shape index (κ2) is 5.54. The van der Waals surface area contributed by atoms with Crippen LogP contribution in [0.5, 0.6) is 5.75 Å². The van der Waals surface area contributed by atoms with Gasteiger partial charge in [0.2, 0.25) is 0 Å². The minimum atomic E-state index is -3.70. The summed E-state index contributed by atoms with van der Waals surface area (Å²) < 4.78 is 41.4. The van der Waals surface area contributed by atoms with Crippen LogP contribution in [-0.4, -0.2) is 38.9 Å². The van der Waals surface area contributed by atoms with Crippen molar-refractivity contribution in [2.45, 2.75) is 17.4 Å². The largest absolute Gasteiger partial charge is 0.495 e. The first-order chi connectivity index (χ1) is 8.66. The van der Waals surface area contributed by atoms with Gasteiger partial charge in [0.15, 0.2) is 9.84 Å². The fourth-order valence-electron chi connectivity index (χ4n) is 1.61. The molecule has 1 aromatic carbocycles. The maximum absolute atomic E-state index is 13.4. The highest BCUT2D eigenvalue weighted by Gasteiger charge is 2.22. The van der Waals surface area contributed by atoms with Gasteiger partial charge in [-0.15, -0.1) is 0 Å². The van der Waals surface area contributed by atoms with E-state index in [4.69, 9.17) is 15.6 Å². The molecule has 3 N–H and O–H groups in total. The maximum atomic E-state index is 13.4. The van der Waals surface area contributed by atoms with E-state index in [9.17, 15) is 17.6 Å². The quantitative estimate of drug-likeness (QED) is 0.802. The van der Waals surface area contributed by atoms with Crippen LogP contribution in [0.1, 0.15) is 5.56 Å². The van der Waals surface area contributed by atoms with E-state index in [-0.39, 0.29) is 22.6 Å². The summed E-state index contributed by atoms with van der Waals surface area (Å²) in [6.45, 7) is 0. The molecular formula is C11H14FNO5S. The summed E-state index contributed by atoms with van der Waals surface area (Å²) in [6.07, 6.45) is 0.671. The molecule has 0 aliphatic carbocycles. The van der Waals surface area contributed by atoms with Crippen LogP contribution in [0.25, 0.3) is 0 Å². The van der Waals surface area contributed by atoms with Crippen molar-refractivity contribution in [1.29, 1.82) is 0 Å². The molecule has 1 unspecified atom stereocenters. The highest BCUT2D eigenvalue weighted by Crippen LogP contribution is 2.30. The number of benzene rings is 1. The molecule has 0 aliphatic heterocycles. The van der Waals surface area contributed by atoms with Gasteiger partial charge in [-0.1, -0.05) is 0 Å². The van der Waals surface area contributed by atoms with Crippen molar-refractivity contribution in [3.63, 3.8) is 0 Å². The summed E-state index contributed by atoms with van der Waals surface area (Å²) in [4.78, 5) is 10.4. The first-order valence-electron chi connectivity index (χ1n) is 5.21. The van der Waals surface area contributed by atoms with E-state index in [0.717, 1.165) is 18.4 Å². The number of sulfone groups is 1. The van der Waals surface area contributed by atoms with Crippen LogP contribution < -0.4 is 10.5 Å². The topological polar surface area (TPSA) is 107 Å². The van der Waals surface area contributed by atoms with Crippen LogP contribution in [0.4, 0.5) is 4.39 Å². The minimum absolute atomic E-state index is 0.0828. The molecule has 0 aliphatic rings. The molecule has 0 bridgehead atoms.